The first kappa shape index (κ1) is 33.6. The molecule has 3 heterocycles. The van der Waals surface area contributed by atoms with Gasteiger partial charge in [0.05, 0.1) is 18.6 Å². The van der Waals surface area contributed by atoms with Crippen molar-refractivity contribution >= 4 is 41.0 Å². The summed E-state index contributed by atoms with van der Waals surface area (Å²) in [5, 5.41) is 8.90. The van der Waals surface area contributed by atoms with Crippen molar-refractivity contribution < 1.29 is 37.1 Å². The van der Waals surface area contributed by atoms with Crippen molar-refractivity contribution in [2.24, 2.45) is 17.8 Å². The zero-order valence-corrected chi connectivity index (χ0v) is 25.8. The van der Waals surface area contributed by atoms with Gasteiger partial charge in [-0.05, 0) is 69.2 Å². The predicted octanol–water partition coefficient (Wildman–Crippen LogP) is 4.61. The molecule has 1 saturated carbocycles. The lowest BCUT2D eigenvalue weighted by atomic mass is 9.71. The molecular formula is C31H40ClF3N4O5. The second-order valence-corrected chi connectivity index (χ2v) is 12.6. The number of rotatable bonds is 12. The maximum atomic E-state index is 15.3. The number of piperidine rings is 2. The first-order valence-corrected chi connectivity index (χ1v) is 15.5. The van der Waals surface area contributed by atoms with Crippen molar-refractivity contribution in [3.63, 3.8) is 0 Å². The molecule has 0 radical (unpaired) electrons. The molecule has 242 valence electrons. The van der Waals surface area contributed by atoms with Gasteiger partial charge in [0.2, 0.25) is 23.5 Å². The van der Waals surface area contributed by atoms with Crippen LogP contribution in [0.15, 0.2) is 36.2 Å². The highest BCUT2D eigenvalue weighted by molar-refractivity contribution is 6.30. The van der Waals surface area contributed by atoms with Crippen molar-refractivity contribution in [1.82, 2.24) is 15.5 Å². The molecule has 3 aliphatic heterocycles. The molecule has 6 atom stereocenters. The van der Waals surface area contributed by atoms with Crippen LogP contribution in [0.4, 0.5) is 18.9 Å². The number of hydrogen-bond acceptors (Lipinski definition) is 6. The zero-order valence-electron chi connectivity index (χ0n) is 25.1. The Kier molecular flexibility index (Phi) is 10.9. The lowest BCUT2D eigenvalue weighted by Gasteiger charge is -2.54. The molecule has 4 aliphatic rings. The molecule has 2 bridgehead atoms. The third kappa shape index (κ3) is 7.86. The average Bonchev–Trinajstić information content (AvgIpc) is 3.35. The summed E-state index contributed by atoms with van der Waals surface area (Å²) < 4.78 is 50.1. The molecule has 13 heteroatoms. The summed E-state index contributed by atoms with van der Waals surface area (Å²) in [5.74, 6) is -9.42. The minimum absolute atomic E-state index is 0.0266. The maximum Gasteiger partial charge on any atom is 0.366 e. The molecule has 3 saturated heterocycles. The molecule has 0 unspecified atom stereocenters. The molecule has 44 heavy (non-hydrogen) atoms. The second kappa shape index (κ2) is 14.2. The van der Waals surface area contributed by atoms with Gasteiger partial charge in [-0.3, -0.25) is 14.4 Å². The minimum atomic E-state index is -3.21. The number of hydrogen-bond donors (Lipinski definition) is 3. The second-order valence-electron chi connectivity index (χ2n) is 12.2. The summed E-state index contributed by atoms with van der Waals surface area (Å²) in [5.41, 5.74) is 0.569. The van der Waals surface area contributed by atoms with Gasteiger partial charge in [-0.15, -0.1) is 0 Å². The van der Waals surface area contributed by atoms with Gasteiger partial charge in [0.25, 0.3) is 5.92 Å². The number of benzene rings is 1. The molecule has 3 N–H and O–H groups in total. The number of nitrogens with zero attached hydrogens (tertiary/aromatic N) is 1. The molecule has 1 aromatic carbocycles. The number of fused-ring (bicyclic) bond motifs is 3. The number of nitrogens with one attached hydrogen (secondary N) is 3. The standard InChI is InChI=1S/C31H40ClF3N4O5/c1-4-44-30(43)24(33)15-21(13-18-10-11-36-27(18)40)38-28(41)26-23-9-8-22(16-31(23,34)35)39(26)29(42)25(12-17(2)3)37-20-7-5-6-19(32)14-20/h5-7,14-15,17-18,21-23,25-26,37H,4,8-13,16H2,1-3H3,(H,36,40)(H,38,41)/b24-15-/t18-,21+,22+,23+,25+,26-/m0/s1. The Labute approximate surface area is 260 Å². The quantitative estimate of drug-likeness (QED) is 0.227. The van der Waals surface area contributed by atoms with Gasteiger partial charge in [0, 0.05) is 35.6 Å². The van der Waals surface area contributed by atoms with E-state index in [2.05, 4.69) is 16.0 Å². The van der Waals surface area contributed by atoms with E-state index in [0.717, 1.165) is 6.08 Å². The highest BCUT2D eigenvalue weighted by Crippen LogP contribution is 2.49. The number of esters is 1. The van der Waals surface area contributed by atoms with Gasteiger partial charge < -0.3 is 25.6 Å². The smallest absolute Gasteiger partial charge is 0.366 e. The van der Waals surface area contributed by atoms with Crippen molar-refractivity contribution in [2.75, 3.05) is 18.5 Å². The summed E-state index contributed by atoms with van der Waals surface area (Å²) in [4.78, 5) is 53.7. The van der Waals surface area contributed by atoms with E-state index in [1.54, 1.807) is 24.3 Å². The van der Waals surface area contributed by atoms with Gasteiger partial charge in [0.1, 0.15) is 12.1 Å². The fourth-order valence-electron chi connectivity index (χ4n) is 6.53. The summed E-state index contributed by atoms with van der Waals surface area (Å²) in [6, 6.07) is 2.33. The van der Waals surface area contributed by atoms with Crippen LogP contribution in [-0.2, 0) is 23.9 Å². The Morgan fingerprint density at radius 3 is 2.59 bits per heavy atom. The highest BCUT2D eigenvalue weighted by atomic mass is 35.5. The first-order chi connectivity index (χ1) is 20.8. The Morgan fingerprint density at radius 1 is 1.23 bits per heavy atom. The topological polar surface area (TPSA) is 117 Å². The van der Waals surface area contributed by atoms with E-state index in [9.17, 15) is 23.6 Å². The van der Waals surface area contributed by atoms with E-state index < -0.39 is 72.0 Å². The Hall–Kier alpha value is -3.28. The van der Waals surface area contributed by atoms with Crippen LogP contribution < -0.4 is 16.0 Å². The third-order valence-electron chi connectivity index (χ3n) is 8.48. The van der Waals surface area contributed by atoms with Crippen molar-refractivity contribution in [2.45, 2.75) is 89.4 Å². The molecule has 9 nitrogen and oxygen atoms in total. The van der Waals surface area contributed by atoms with E-state index in [1.807, 2.05) is 13.8 Å². The molecule has 0 aromatic heterocycles. The largest absolute Gasteiger partial charge is 0.461 e. The monoisotopic (exact) mass is 640 g/mol. The molecule has 4 fully saturated rings. The number of alkyl halides is 2. The van der Waals surface area contributed by atoms with Crippen LogP contribution in [0.2, 0.25) is 5.02 Å². The Balaban J connectivity index is 1.65. The molecule has 5 rings (SSSR count). The van der Waals surface area contributed by atoms with Crippen molar-refractivity contribution in [1.29, 1.82) is 0 Å². The molecule has 0 spiro atoms. The summed E-state index contributed by atoms with van der Waals surface area (Å²) in [6.07, 6.45) is 1.32. The predicted molar refractivity (Wildman–Crippen MR) is 159 cm³/mol. The minimum Gasteiger partial charge on any atom is -0.461 e. The third-order valence-corrected chi connectivity index (χ3v) is 8.71. The van der Waals surface area contributed by atoms with Crippen LogP contribution in [0, 0.1) is 17.8 Å². The number of halogens is 4. The van der Waals surface area contributed by atoms with Crippen molar-refractivity contribution in [3.05, 3.63) is 41.2 Å². The van der Waals surface area contributed by atoms with E-state index in [1.165, 1.54) is 11.8 Å². The number of carbonyl (C=O) groups excluding carboxylic acids is 4. The van der Waals surface area contributed by atoms with Crippen LogP contribution in [0.25, 0.3) is 0 Å². The zero-order chi connectivity index (χ0) is 32.2. The number of amides is 3. The Morgan fingerprint density at radius 2 is 1.98 bits per heavy atom. The van der Waals surface area contributed by atoms with Gasteiger partial charge in [-0.2, -0.15) is 4.39 Å². The van der Waals surface area contributed by atoms with Crippen LogP contribution in [0.5, 0.6) is 0 Å². The maximum absolute atomic E-state index is 15.3. The van der Waals surface area contributed by atoms with E-state index in [4.69, 9.17) is 16.3 Å². The van der Waals surface area contributed by atoms with E-state index in [-0.39, 0.29) is 31.3 Å². The van der Waals surface area contributed by atoms with Crippen molar-refractivity contribution in [3.8, 4) is 0 Å². The van der Waals surface area contributed by atoms with Crippen LogP contribution in [0.1, 0.15) is 59.3 Å². The normalized spacial score (nSPS) is 25.8. The van der Waals surface area contributed by atoms with Gasteiger partial charge >= 0.3 is 5.97 Å². The van der Waals surface area contributed by atoms with E-state index in [0.29, 0.717) is 36.5 Å². The van der Waals surface area contributed by atoms with Crippen LogP contribution in [-0.4, -0.2) is 71.8 Å². The molecule has 3 amide bonds. The highest BCUT2D eigenvalue weighted by Gasteiger charge is 2.61. The van der Waals surface area contributed by atoms with Gasteiger partial charge in [-0.25, -0.2) is 13.6 Å². The van der Waals surface area contributed by atoms with Crippen LogP contribution in [0.3, 0.4) is 0 Å². The first-order valence-electron chi connectivity index (χ1n) is 15.1. The van der Waals surface area contributed by atoms with E-state index >= 15 is 8.78 Å². The fraction of sp³-hybridized carbons (Fsp3) is 0.613. The molecule has 1 aromatic rings. The summed E-state index contributed by atoms with van der Waals surface area (Å²) in [7, 11) is 0. The molecule has 1 aliphatic carbocycles. The van der Waals surface area contributed by atoms with Gasteiger partial charge in [0.15, 0.2) is 0 Å². The summed E-state index contributed by atoms with van der Waals surface area (Å²) >= 11 is 6.14. The number of anilines is 1. The number of carbonyl (C=O) groups is 4. The fourth-order valence-corrected chi connectivity index (χ4v) is 6.72. The number of ether oxygens (including phenoxy) is 1. The van der Waals surface area contributed by atoms with Crippen LogP contribution >= 0.6 is 11.6 Å². The SMILES string of the molecule is CCOC(=O)/C(F)=C/[C@@H](C[C@@H]1CCNC1=O)NC(=O)[C@@H]1[C@H]2CC[C@H](CC2(F)F)N1C(=O)[C@@H](CC(C)C)Nc1cccc(Cl)c1. The van der Waals surface area contributed by atoms with Gasteiger partial charge in [-0.1, -0.05) is 31.5 Å². The summed E-state index contributed by atoms with van der Waals surface area (Å²) in [6.45, 7) is 5.67. The lowest BCUT2D eigenvalue weighted by Crippen LogP contribution is -2.70. The molecular weight excluding hydrogens is 601 g/mol. The average molecular weight is 641 g/mol. The lowest BCUT2D eigenvalue weighted by molar-refractivity contribution is -0.194. The Bertz CT molecular complexity index is 1280.